The van der Waals surface area contributed by atoms with Crippen molar-refractivity contribution in [2.24, 2.45) is 0 Å². The molecule has 27 heavy (non-hydrogen) atoms. The van der Waals surface area contributed by atoms with E-state index in [0.29, 0.717) is 27.7 Å². The molecule has 0 saturated heterocycles. The molecule has 0 atom stereocenters. The highest BCUT2D eigenvalue weighted by atomic mass is 35.5. The highest BCUT2D eigenvalue weighted by Gasteiger charge is 2.12. The maximum atomic E-state index is 12.0. The van der Waals surface area contributed by atoms with E-state index in [1.54, 1.807) is 48.5 Å². The molecule has 9 heteroatoms. The van der Waals surface area contributed by atoms with Crippen molar-refractivity contribution in [1.82, 2.24) is 10.2 Å². The maximum Gasteiger partial charge on any atom is 0.307 e. The molecule has 2 N–H and O–H groups in total. The van der Waals surface area contributed by atoms with E-state index in [9.17, 15) is 9.59 Å². The summed E-state index contributed by atoms with van der Waals surface area (Å²) < 4.78 is 5.52. The van der Waals surface area contributed by atoms with Crippen LogP contribution in [0.1, 0.15) is 5.56 Å². The van der Waals surface area contributed by atoms with Crippen LogP contribution in [-0.4, -0.2) is 32.9 Å². The number of aliphatic carboxylic acids is 1. The molecule has 1 heterocycles. The first-order valence-corrected chi connectivity index (χ1v) is 9.19. The van der Waals surface area contributed by atoms with Crippen LogP contribution in [0.3, 0.4) is 0 Å². The lowest BCUT2D eigenvalue weighted by molar-refractivity contribution is -0.136. The summed E-state index contributed by atoms with van der Waals surface area (Å²) in [5, 5.41) is 20.2. The van der Waals surface area contributed by atoms with Gasteiger partial charge in [0, 0.05) is 16.3 Å². The van der Waals surface area contributed by atoms with Crippen LogP contribution in [0.25, 0.3) is 11.5 Å². The predicted octanol–water partition coefficient (Wildman–Crippen LogP) is 3.75. The summed E-state index contributed by atoms with van der Waals surface area (Å²) in [5.74, 6) is -0.726. The Morgan fingerprint density at radius 3 is 2.63 bits per heavy atom. The Kier molecular flexibility index (Phi) is 6.10. The summed E-state index contributed by atoms with van der Waals surface area (Å²) in [6, 6.07) is 13.7. The van der Waals surface area contributed by atoms with Crippen molar-refractivity contribution in [3.05, 3.63) is 59.1 Å². The Labute approximate surface area is 163 Å². The fourth-order valence-electron chi connectivity index (χ4n) is 2.21. The van der Waals surface area contributed by atoms with Crippen molar-refractivity contribution in [3.8, 4) is 11.5 Å². The molecule has 3 rings (SSSR count). The van der Waals surface area contributed by atoms with E-state index in [1.807, 2.05) is 0 Å². The van der Waals surface area contributed by atoms with Gasteiger partial charge in [-0.1, -0.05) is 41.6 Å². The van der Waals surface area contributed by atoms with E-state index < -0.39 is 5.97 Å². The van der Waals surface area contributed by atoms with Gasteiger partial charge in [-0.3, -0.25) is 9.59 Å². The van der Waals surface area contributed by atoms with Crippen molar-refractivity contribution in [3.63, 3.8) is 0 Å². The highest BCUT2D eigenvalue weighted by Crippen LogP contribution is 2.25. The second kappa shape index (κ2) is 8.70. The van der Waals surface area contributed by atoms with Crippen molar-refractivity contribution in [2.45, 2.75) is 11.6 Å². The van der Waals surface area contributed by atoms with Crippen LogP contribution in [0, 0.1) is 0 Å². The summed E-state index contributed by atoms with van der Waals surface area (Å²) >= 11 is 7.05. The summed E-state index contributed by atoms with van der Waals surface area (Å²) in [5.41, 5.74) is 1.95. The molecule has 0 bridgehead atoms. The third-order valence-corrected chi connectivity index (χ3v) is 4.45. The lowest BCUT2D eigenvalue weighted by Gasteiger charge is -2.05. The number of rotatable bonds is 7. The molecular formula is C18H14ClN3O4S. The zero-order valence-corrected chi connectivity index (χ0v) is 15.5. The van der Waals surface area contributed by atoms with Crippen molar-refractivity contribution >= 4 is 40.9 Å². The maximum absolute atomic E-state index is 12.0. The van der Waals surface area contributed by atoms with Gasteiger partial charge in [-0.2, -0.15) is 0 Å². The molecule has 2 aromatic carbocycles. The number of nitrogens with one attached hydrogen (secondary N) is 1. The Morgan fingerprint density at radius 1 is 1.15 bits per heavy atom. The summed E-state index contributed by atoms with van der Waals surface area (Å²) in [7, 11) is 0. The van der Waals surface area contributed by atoms with Crippen LogP contribution in [0.4, 0.5) is 5.69 Å². The number of benzene rings is 2. The molecular weight excluding hydrogens is 390 g/mol. The number of hydrogen-bond acceptors (Lipinski definition) is 6. The standard InChI is InChI=1S/C18H14ClN3O4S/c19-13-3-1-2-12(9-13)17-21-22-18(26-17)27-10-15(23)20-14-6-4-11(5-7-14)8-16(24)25/h1-7,9H,8,10H2,(H,20,23)(H,24,25). The fourth-order valence-corrected chi connectivity index (χ4v) is 2.96. The SMILES string of the molecule is O=C(O)Cc1ccc(NC(=O)CSc2nnc(-c3cccc(Cl)c3)o2)cc1. The lowest BCUT2D eigenvalue weighted by Crippen LogP contribution is -2.14. The minimum Gasteiger partial charge on any atom is -0.481 e. The van der Waals surface area contributed by atoms with Crippen LogP contribution < -0.4 is 5.32 Å². The molecule has 0 unspecified atom stereocenters. The van der Waals surface area contributed by atoms with Crippen LogP contribution in [-0.2, 0) is 16.0 Å². The number of anilines is 1. The third kappa shape index (κ3) is 5.57. The molecule has 3 aromatic rings. The molecule has 0 aliphatic heterocycles. The topological polar surface area (TPSA) is 105 Å². The van der Waals surface area contributed by atoms with Gasteiger partial charge < -0.3 is 14.8 Å². The van der Waals surface area contributed by atoms with Crippen molar-refractivity contribution in [1.29, 1.82) is 0 Å². The summed E-state index contributed by atoms with van der Waals surface area (Å²) in [4.78, 5) is 22.7. The number of nitrogens with zero attached hydrogens (tertiary/aromatic N) is 2. The van der Waals surface area contributed by atoms with Gasteiger partial charge in [0.2, 0.25) is 11.8 Å². The van der Waals surface area contributed by atoms with E-state index in [-0.39, 0.29) is 23.3 Å². The molecule has 0 aliphatic carbocycles. The molecule has 0 spiro atoms. The first kappa shape index (κ1) is 18.9. The number of carboxylic acids is 1. The number of hydrogen-bond donors (Lipinski definition) is 2. The molecule has 1 aromatic heterocycles. The normalized spacial score (nSPS) is 10.6. The lowest BCUT2D eigenvalue weighted by atomic mass is 10.1. The second-order valence-corrected chi connectivity index (χ2v) is 6.85. The minimum absolute atomic E-state index is 0.0593. The fraction of sp³-hybridized carbons (Fsp3) is 0.111. The molecule has 0 aliphatic rings. The zero-order valence-electron chi connectivity index (χ0n) is 13.9. The van der Waals surface area contributed by atoms with Gasteiger partial charge in [0.25, 0.3) is 5.22 Å². The average Bonchev–Trinajstić information content (AvgIpc) is 3.10. The second-order valence-electron chi connectivity index (χ2n) is 5.49. The van der Waals surface area contributed by atoms with Crippen LogP contribution in [0.5, 0.6) is 0 Å². The minimum atomic E-state index is -0.903. The molecule has 138 valence electrons. The number of carbonyl (C=O) groups is 2. The van der Waals surface area contributed by atoms with Gasteiger partial charge in [0.15, 0.2) is 0 Å². The highest BCUT2D eigenvalue weighted by molar-refractivity contribution is 7.99. The average molecular weight is 404 g/mol. The zero-order chi connectivity index (χ0) is 19.2. The first-order valence-electron chi connectivity index (χ1n) is 7.82. The van der Waals surface area contributed by atoms with E-state index in [4.69, 9.17) is 21.1 Å². The largest absolute Gasteiger partial charge is 0.481 e. The number of thioether (sulfide) groups is 1. The van der Waals surface area contributed by atoms with E-state index in [1.165, 1.54) is 0 Å². The Bertz CT molecular complexity index is 959. The van der Waals surface area contributed by atoms with E-state index >= 15 is 0 Å². The number of halogens is 1. The number of aromatic nitrogens is 2. The molecule has 1 amide bonds. The van der Waals surface area contributed by atoms with Crippen LogP contribution >= 0.6 is 23.4 Å². The van der Waals surface area contributed by atoms with Gasteiger partial charge in [-0.05, 0) is 35.9 Å². The first-order chi connectivity index (χ1) is 13.0. The smallest absolute Gasteiger partial charge is 0.307 e. The molecule has 0 radical (unpaired) electrons. The van der Waals surface area contributed by atoms with Gasteiger partial charge in [0.1, 0.15) is 0 Å². The Balaban J connectivity index is 1.53. The monoisotopic (exact) mass is 403 g/mol. The number of carbonyl (C=O) groups excluding carboxylic acids is 1. The molecule has 0 fully saturated rings. The number of amides is 1. The molecule has 0 saturated carbocycles. The van der Waals surface area contributed by atoms with E-state index in [0.717, 1.165) is 11.8 Å². The van der Waals surface area contributed by atoms with Crippen LogP contribution in [0.15, 0.2) is 58.2 Å². The quantitative estimate of drug-likeness (QED) is 0.578. The summed E-state index contributed by atoms with van der Waals surface area (Å²) in [6.07, 6.45) is -0.0593. The van der Waals surface area contributed by atoms with Crippen molar-refractivity contribution in [2.75, 3.05) is 11.1 Å². The molecule has 7 nitrogen and oxygen atoms in total. The van der Waals surface area contributed by atoms with Gasteiger partial charge >= 0.3 is 5.97 Å². The van der Waals surface area contributed by atoms with Gasteiger partial charge in [0.05, 0.1) is 12.2 Å². The Hall–Kier alpha value is -2.84. The van der Waals surface area contributed by atoms with Gasteiger partial charge in [-0.25, -0.2) is 0 Å². The van der Waals surface area contributed by atoms with Crippen LogP contribution in [0.2, 0.25) is 5.02 Å². The van der Waals surface area contributed by atoms with Crippen molar-refractivity contribution < 1.29 is 19.1 Å². The van der Waals surface area contributed by atoms with E-state index in [2.05, 4.69) is 15.5 Å². The third-order valence-electron chi connectivity index (χ3n) is 3.40. The predicted molar refractivity (Wildman–Crippen MR) is 102 cm³/mol. The number of carboxylic acid groups (broad SMARTS) is 1. The van der Waals surface area contributed by atoms with Gasteiger partial charge in [-0.15, -0.1) is 10.2 Å². The Morgan fingerprint density at radius 2 is 1.93 bits per heavy atom. The summed E-state index contributed by atoms with van der Waals surface area (Å²) in [6.45, 7) is 0.